The van der Waals surface area contributed by atoms with Crippen molar-refractivity contribution in [2.24, 2.45) is 5.41 Å². The lowest BCUT2D eigenvalue weighted by atomic mass is 9.76. The highest BCUT2D eigenvalue weighted by Crippen LogP contribution is 2.43. The number of Topliss-reactive ketones (excluding diaryl/α,β-unsaturated/α-hetero) is 1. The number of aromatic nitrogens is 2. The third-order valence-corrected chi connectivity index (χ3v) is 5.51. The van der Waals surface area contributed by atoms with E-state index in [2.05, 4.69) is 25.3 Å². The van der Waals surface area contributed by atoms with Gasteiger partial charge < -0.3 is 20.4 Å². The second-order valence-electron chi connectivity index (χ2n) is 9.25. The Kier molecular flexibility index (Phi) is 6.66. The number of ether oxygens (including phenoxy) is 1. The predicted octanol–water partition coefficient (Wildman–Crippen LogP) is 5.49. The van der Waals surface area contributed by atoms with Crippen molar-refractivity contribution in [2.75, 3.05) is 23.8 Å². The highest BCUT2D eigenvalue weighted by molar-refractivity contribution is 6.08. The molecule has 4 rings (SSSR count). The Morgan fingerprint density at radius 3 is 2.63 bits per heavy atom. The second kappa shape index (κ2) is 9.53. The maximum atomic E-state index is 13.1. The van der Waals surface area contributed by atoms with Crippen LogP contribution in [0.1, 0.15) is 36.3 Å². The fourth-order valence-electron chi connectivity index (χ4n) is 4.16. The maximum absolute atomic E-state index is 13.1. The molecule has 1 aromatic carbocycles. The molecule has 0 saturated heterocycles. The molecular weight excluding hydrogens is 461 g/mol. The summed E-state index contributed by atoms with van der Waals surface area (Å²) in [7, 11) is 0. The van der Waals surface area contributed by atoms with Gasteiger partial charge in [0, 0.05) is 29.6 Å². The number of anilines is 3. The zero-order valence-corrected chi connectivity index (χ0v) is 19.3. The van der Waals surface area contributed by atoms with E-state index in [0.717, 1.165) is 11.4 Å². The number of halogens is 3. The molecule has 0 unspecified atom stereocenters. The number of nitrogens with one attached hydrogen (secondary N) is 3. The number of rotatable bonds is 7. The first-order valence-electron chi connectivity index (χ1n) is 11.0. The van der Waals surface area contributed by atoms with Gasteiger partial charge in [-0.05, 0) is 36.1 Å². The summed E-state index contributed by atoms with van der Waals surface area (Å²) in [5.74, 6) is -0.584. The Hall–Kier alpha value is -3.66. The number of aromatic amines is 1. The molecule has 2 heterocycles. The van der Waals surface area contributed by atoms with Gasteiger partial charge in [0.1, 0.15) is 19.0 Å². The SMILES string of the molecule is CC1(C)CC(=O)c2c([nH]c(-c3ccnc(NC(=O)COCC(F)(F)F)c3)c2Nc2ccccc2)C1. The van der Waals surface area contributed by atoms with Gasteiger partial charge in [0.15, 0.2) is 5.78 Å². The van der Waals surface area contributed by atoms with E-state index in [0.29, 0.717) is 35.3 Å². The van der Waals surface area contributed by atoms with E-state index in [-0.39, 0.29) is 17.0 Å². The molecule has 0 atom stereocenters. The zero-order valence-electron chi connectivity index (χ0n) is 19.3. The molecule has 0 spiro atoms. The van der Waals surface area contributed by atoms with Gasteiger partial charge in [0.2, 0.25) is 0 Å². The van der Waals surface area contributed by atoms with Crippen molar-refractivity contribution in [3.63, 3.8) is 0 Å². The van der Waals surface area contributed by atoms with Gasteiger partial charge in [-0.2, -0.15) is 13.2 Å². The average molecular weight is 486 g/mol. The molecule has 1 aliphatic carbocycles. The van der Waals surface area contributed by atoms with Gasteiger partial charge in [0.25, 0.3) is 5.91 Å². The summed E-state index contributed by atoms with van der Waals surface area (Å²) in [6.07, 6.45) is -1.95. The minimum atomic E-state index is -4.51. The highest BCUT2D eigenvalue weighted by atomic mass is 19.4. The number of carbonyl (C=O) groups excluding carboxylic acids is 2. The van der Waals surface area contributed by atoms with Crippen molar-refractivity contribution in [1.82, 2.24) is 9.97 Å². The first-order chi connectivity index (χ1) is 16.5. The van der Waals surface area contributed by atoms with Crippen LogP contribution in [0.3, 0.4) is 0 Å². The fourth-order valence-corrected chi connectivity index (χ4v) is 4.16. The lowest BCUT2D eigenvalue weighted by molar-refractivity contribution is -0.174. The van der Waals surface area contributed by atoms with E-state index in [1.54, 1.807) is 12.1 Å². The van der Waals surface area contributed by atoms with Gasteiger partial charge >= 0.3 is 6.18 Å². The summed E-state index contributed by atoms with van der Waals surface area (Å²) < 4.78 is 41.1. The van der Waals surface area contributed by atoms with E-state index >= 15 is 0 Å². The van der Waals surface area contributed by atoms with Crippen LogP contribution in [0.5, 0.6) is 0 Å². The van der Waals surface area contributed by atoms with Gasteiger partial charge in [-0.15, -0.1) is 0 Å². The Bertz CT molecular complexity index is 1240. The molecule has 0 aliphatic heterocycles. The molecular formula is C25H25F3N4O3. The van der Waals surface area contributed by atoms with E-state index < -0.39 is 25.3 Å². The Balaban J connectivity index is 1.64. The quantitative estimate of drug-likeness (QED) is 0.410. The van der Waals surface area contributed by atoms with E-state index in [1.165, 1.54) is 6.20 Å². The maximum Gasteiger partial charge on any atom is 0.411 e. The molecule has 3 N–H and O–H groups in total. The van der Waals surface area contributed by atoms with Crippen molar-refractivity contribution in [2.45, 2.75) is 32.9 Å². The zero-order chi connectivity index (χ0) is 25.2. The summed E-state index contributed by atoms with van der Waals surface area (Å²) in [4.78, 5) is 32.6. The smallest absolute Gasteiger partial charge is 0.362 e. The molecule has 0 saturated carbocycles. The van der Waals surface area contributed by atoms with E-state index in [9.17, 15) is 22.8 Å². The van der Waals surface area contributed by atoms with Crippen molar-refractivity contribution >= 4 is 28.9 Å². The number of para-hydroxylation sites is 1. The largest absolute Gasteiger partial charge is 0.411 e. The lowest BCUT2D eigenvalue weighted by Gasteiger charge is -2.28. The monoisotopic (exact) mass is 486 g/mol. The Morgan fingerprint density at radius 1 is 1.17 bits per heavy atom. The number of H-pyrrole nitrogens is 1. The first kappa shape index (κ1) is 24.5. The molecule has 0 radical (unpaired) electrons. The average Bonchev–Trinajstić information content (AvgIpc) is 3.10. The summed E-state index contributed by atoms with van der Waals surface area (Å²) in [6, 6.07) is 12.7. The summed E-state index contributed by atoms with van der Waals surface area (Å²) in [6.45, 7) is 1.81. The van der Waals surface area contributed by atoms with Crippen molar-refractivity contribution < 1.29 is 27.5 Å². The van der Waals surface area contributed by atoms with Crippen LogP contribution in [0.2, 0.25) is 0 Å². The van der Waals surface area contributed by atoms with Crippen LogP contribution in [0, 0.1) is 5.41 Å². The standard InChI is InChI=1S/C25H25F3N4O3/c1-24(2)11-17-21(18(33)12-24)23(30-16-6-4-3-5-7-16)22(31-17)15-8-9-29-19(10-15)32-20(34)13-35-14-25(26,27)28/h3-10,30-31H,11-14H2,1-2H3,(H,29,32,34). The van der Waals surface area contributed by atoms with Crippen LogP contribution >= 0.6 is 0 Å². The number of nitrogens with zero attached hydrogens (tertiary/aromatic N) is 1. The number of carbonyl (C=O) groups is 2. The van der Waals surface area contributed by atoms with E-state index in [1.807, 2.05) is 44.2 Å². The number of fused-ring (bicyclic) bond motifs is 1. The van der Waals surface area contributed by atoms with Crippen LogP contribution in [-0.4, -0.2) is 41.0 Å². The van der Waals surface area contributed by atoms with Gasteiger partial charge in [-0.1, -0.05) is 32.0 Å². The van der Waals surface area contributed by atoms with Crippen molar-refractivity contribution in [3.05, 3.63) is 59.9 Å². The number of benzene rings is 1. The fraction of sp³-hybridized carbons (Fsp3) is 0.320. The van der Waals surface area contributed by atoms with Gasteiger partial charge in [0.05, 0.1) is 16.9 Å². The van der Waals surface area contributed by atoms with E-state index in [4.69, 9.17) is 0 Å². The summed E-state index contributed by atoms with van der Waals surface area (Å²) >= 11 is 0. The molecule has 1 aliphatic rings. The number of hydrogen-bond donors (Lipinski definition) is 3. The molecule has 184 valence electrons. The molecule has 0 bridgehead atoms. The molecule has 7 nitrogen and oxygen atoms in total. The Labute approximate surface area is 200 Å². The second-order valence-corrected chi connectivity index (χ2v) is 9.25. The number of alkyl halides is 3. The lowest BCUT2D eigenvalue weighted by Crippen LogP contribution is -2.26. The molecule has 35 heavy (non-hydrogen) atoms. The van der Waals surface area contributed by atoms with Crippen molar-refractivity contribution in [1.29, 1.82) is 0 Å². The predicted molar refractivity (Wildman–Crippen MR) is 126 cm³/mol. The van der Waals surface area contributed by atoms with Gasteiger partial charge in [-0.25, -0.2) is 4.98 Å². The number of hydrogen-bond acceptors (Lipinski definition) is 5. The highest BCUT2D eigenvalue weighted by Gasteiger charge is 2.36. The minimum absolute atomic E-state index is 0.0292. The van der Waals surface area contributed by atoms with Crippen LogP contribution in [0.4, 0.5) is 30.4 Å². The molecule has 3 aromatic rings. The molecule has 10 heteroatoms. The van der Waals surface area contributed by atoms with Crippen LogP contribution in [0.15, 0.2) is 48.7 Å². The molecule has 1 amide bonds. The van der Waals surface area contributed by atoms with Crippen LogP contribution < -0.4 is 10.6 Å². The summed E-state index contributed by atoms with van der Waals surface area (Å²) in [5.41, 5.74) is 3.96. The summed E-state index contributed by atoms with van der Waals surface area (Å²) in [5, 5.41) is 5.80. The van der Waals surface area contributed by atoms with Gasteiger partial charge in [-0.3, -0.25) is 9.59 Å². The normalized spacial score (nSPS) is 14.9. The third-order valence-electron chi connectivity index (χ3n) is 5.51. The number of pyridine rings is 1. The third kappa shape index (κ3) is 6.07. The molecule has 0 fully saturated rings. The number of ketones is 1. The van der Waals surface area contributed by atoms with Crippen LogP contribution in [0.25, 0.3) is 11.3 Å². The van der Waals surface area contributed by atoms with Crippen LogP contribution in [-0.2, 0) is 16.0 Å². The van der Waals surface area contributed by atoms with Crippen molar-refractivity contribution in [3.8, 4) is 11.3 Å². The first-order valence-corrected chi connectivity index (χ1v) is 11.0. The topological polar surface area (TPSA) is 96.1 Å². The minimum Gasteiger partial charge on any atom is -0.362 e. The number of amides is 1. The Morgan fingerprint density at radius 2 is 1.91 bits per heavy atom. The molecule has 2 aromatic heterocycles.